The molecule has 1 aromatic rings. The zero-order chi connectivity index (χ0) is 13.8. The summed E-state index contributed by atoms with van der Waals surface area (Å²) in [5.74, 6) is 0.683. The molecule has 0 spiro atoms. The molecule has 0 saturated heterocycles. The fraction of sp³-hybridized carbons (Fsp3) is 0.438. The highest BCUT2D eigenvalue weighted by molar-refractivity contribution is 5.89. The van der Waals surface area contributed by atoms with Gasteiger partial charge < -0.3 is 9.47 Å². The van der Waals surface area contributed by atoms with Crippen LogP contribution in [0, 0.1) is 5.92 Å². The highest BCUT2D eigenvalue weighted by Gasteiger charge is 2.29. The first-order chi connectivity index (χ1) is 9.13. The smallest absolute Gasteiger partial charge is 0.337 e. The molecule has 0 radical (unpaired) electrons. The van der Waals surface area contributed by atoms with E-state index in [-0.39, 0.29) is 18.0 Å². The monoisotopic (exact) mass is 260 g/mol. The number of hydrogen-bond donors (Lipinski definition) is 0. The van der Waals surface area contributed by atoms with Crippen LogP contribution < -0.4 is 0 Å². The highest BCUT2D eigenvalue weighted by atomic mass is 16.5. The summed E-state index contributed by atoms with van der Waals surface area (Å²) in [4.78, 5) is 11.8. The van der Waals surface area contributed by atoms with Crippen LogP contribution in [0.2, 0.25) is 0 Å². The van der Waals surface area contributed by atoms with Gasteiger partial charge in [-0.05, 0) is 18.4 Å². The molecule has 1 heterocycles. The Morgan fingerprint density at radius 1 is 1.32 bits per heavy atom. The van der Waals surface area contributed by atoms with E-state index in [4.69, 9.17) is 9.47 Å². The SMILES string of the molecule is COC(=O)C1=C(C(C)C)OC(c2ccccc2)CC1. The van der Waals surface area contributed by atoms with Crippen LogP contribution in [0.25, 0.3) is 0 Å². The van der Waals surface area contributed by atoms with Crippen LogP contribution in [-0.4, -0.2) is 13.1 Å². The quantitative estimate of drug-likeness (QED) is 0.779. The molecule has 102 valence electrons. The third-order valence-electron chi connectivity index (χ3n) is 3.35. The second-order valence-corrected chi connectivity index (χ2v) is 5.04. The third kappa shape index (κ3) is 2.98. The highest BCUT2D eigenvalue weighted by Crippen LogP contribution is 2.36. The summed E-state index contributed by atoms with van der Waals surface area (Å²) in [5, 5.41) is 0. The van der Waals surface area contributed by atoms with Crippen LogP contribution in [0.1, 0.15) is 38.4 Å². The summed E-state index contributed by atoms with van der Waals surface area (Å²) >= 11 is 0. The lowest BCUT2D eigenvalue weighted by atomic mass is 9.94. The van der Waals surface area contributed by atoms with Crippen LogP contribution in [0.4, 0.5) is 0 Å². The Kier molecular flexibility index (Phi) is 4.25. The number of benzene rings is 1. The number of methoxy groups -OCH3 is 1. The number of esters is 1. The van der Waals surface area contributed by atoms with Gasteiger partial charge in [0.05, 0.1) is 12.7 Å². The third-order valence-corrected chi connectivity index (χ3v) is 3.35. The lowest BCUT2D eigenvalue weighted by Gasteiger charge is -2.29. The topological polar surface area (TPSA) is 35.5 Å². The first kappa shape index (κ1) is 13.7. The van der Waals surface area contributed by atoms with Gasteiger partial charge in [-0.15, -0.1) is 0 Å². The van der Waals surface area contributed by atoms with Crippen molar-refractivity contribution >= 4 is 5.97 Å². The minimum atomic E-state index is -0.268. The molecule has 1 aromatic carbocycles. The van der Waals surface area contributed by atoms with Crippen molar-refractivity contribution in [2.45, 2.75) is 32.8 Å². The summed E-state index contributed by atoms with van der Waals surface area (Å²) in [7, 11) is 1.41. The molecule has 0 saturated carbocycles. The van der Waals surface area contributed by atoms with Crippen molar-refractivity contribution in [3.63, 3.8) is 0 Å². The van der Waals surface area contributed by atoms with Gasteiger partial charge in [-0.25, -0.2) is 4.79 Å². The van der Waals surface area contributed by atoms with Gasteiger partial charge in [-0.3, -0.25) is 0 Å². The minimum absolute atomic E-state index is 0.0343. The maximum atomic E-state index is 11.8. The molecule has 1 aliphatic heterocycles. The molecule has 19 heavy (non-hydrogen) atoms. The number of carbonyl (C=O) groups excluding carboxylic acids is 1. The van der Waals surface area contributed by atoms with E-state index < -0.39 is 0 Å². The normalized spacial score (nSPS) is 19.3. The van der Waals surface area contributed by atoms with Crippen molar-refractivity contribution in [3.8, 4) is 0 Å². The van der Waals surface area contributed by atoms with Gasteiger partial charge in [-0.1, -0.05) is 44.2 Å². The number of hydrogen-bond acceptors (Lipinski definition) is 3. The van der Waals surface area contributed by atoms with Crippen molar-refractivity contribution in [2.24, 2.45) is 5.92 Å². The van der Waals surface area contributed by atoms with E-state index in [9.17, 15) is 4.79 Å². The lowest BCUT2D eigenvalue weighted by Crippen LogP contribution is -2.20. The van der Waals surface area contributed by atoms with Gasteiger partial charge in [0.25, 0.3) is 0 Å². The predicted molar refractivity (Wildman–Crippen MR) is 73.4 cm³/mol. The van der Waals surface area contributed by atoms with Gasteiger partial charge in [0, 0.05) is 5.92 Å². The Hall–Kier alpha value is -1.77. The average Bonchev–Trinajstić information content (AvgIpc) is 2.46. The fourth-order valence-corrected chi connectivity index (χ4v) is 2.39. The van der Waals surface area contributed by atoms with Crippen molar-refractivity contribution in [1.29, 1.82) is 0 Å². The van der Waals surface area contributed by atoms with Gasteiger partial charge in [0.1, 0.15) is 11.9 Å². The Labute approximate surface area is 114 Å². The molecule has 0 bridgehead atoms. The van der Waals surface area contributed by atoms with Crippen LogP contribution in [-0.2, 0) is 14.3 Å². The van der Waals surface area contributed by atoms with E-state index in [1.165, 1.54) is 7.11 Å². The zero-order valence-corrected chi connectivity index (χ0v) is 11.7. The molecule has 2 rings (SSSR count). The summed E-state index contributed by atoms with van der Waals surface area (Å²) in [5.41, 5.74) is 1.84. The molecule has 1 aliphatic rings. The van der Waals surface area contributed by atoms with E-state index in [2.05, 4.69) is 12.1 Å². The number of carbonyl (C=O) groups is 1. The molecule has 0 fully saturated rings. The van der Waals surface area contributed by atoms with E-state index >= 15 is 0 Å². The summed E-state index contributed by atoms with van der Waals surface area (Å²) in [6.07, 6.45) is 1.55. The number of allylic oxidation sites excluding steroid dienone is 1. The molecule has 3 heteroatoms. The minimum Gasteiger partial charge on any atom is -0.489 e. The van der Waals surface area contributed by atoms with Crippen LogP contribution in [0.15, 0.2) is 41.7 Å². The number of rotatable bonds is 3. The first-order valence-corrected chi connectivity index (χ1v) is 6.66. The molecule has 3 nitrogen and oxygen atoms in total. The molecular weight excluding hydrogens is 240 g/mol. The van der Waals surface area contributed by atoms with Crippen molar-refractivity contribution in [3.05, 3.63) is 47.2 Å². The Morgan fingerprint density at radius 3 is 2.58 bits per heavy atom. The van der Waals surface area contributed by atoms with Crippen molar-refractivity contribution in [2.75, 3.05) is 7.11 Å². The van der Waals surface area contributed by atoms with Crippen molar-refractivity contribution in [1.82, 2.24) is 0 Å². The average molecular weight is 260 g/mol. The molecule has 0 aromatic heterocycles. The Morgan fingerprint density at radius 2 is 2.00 bits per heavy atom. The van der Waals surface area contributed by atoms with Crippen molar-refractivity contribution < 1.29 is 14.3 Å². The largest absolute Gasteiger partial charge is 0.489 e. The second-order valence-electron chi connectivity index (χ2n) is 5.04. The van der Waals surface area contributed by atoms with E-state index in [1.54, 1.807) is 0 Å². The van der Waals surface area contributed by atoms with Gasteiger partial charge in [0.2, 0.25) is 0 Å². The predicted octanol–water partition coefficient (Wildman–Crippen LogP) is 3.62. The Bertz CT molecular complexity index is 474. The first-order valence-electron chi connectivity index (χ1n) is 6.66. The maximum Gasteiger partial charge on any atom is 0.337 e. The standard InChI is InChI=1S/C16H20O3/c1-11(2)15-13(16(17)18-3)9-10-14(19-15)12-7-5-4-6-8-12/h4-8,11,14H,9-10H2,1-3H3. The molecule has 0 aliphatic carbocycles. The zero-order valence-electron chi connectivity index (χ0n) is 11.7. The van der Waals surface area contributed by atoms with E-state index in [1.807, 2.05) is 32.0 Å². The molecule has 0 N–H and O–H groups in total. The van der Waals surface area contributed by atoms with Gasteiger partial charge >= 0.3 is 5.97 Å². The van der Waals surface area contributed by atoms with Gasteiger partial charge in [0.15, 0.2) is 0 Å². The van der Waals surface area contributed by atoms with E-state index in [0.717, 1.165) is 17.7 Å². The van der Waals surface area contributed by atoms with Crippen LogP contribution in [0.5, 0.6) is 0 Å². The second kappa shape index (κ2) is 5.91. The number of ether oxygens (including phenoxy) is 2. The van der Waals surface area contributed by atoms with E-state index in [0.29, 0.717) is 12.0 Å². The Balaban J connectivity index is 2.26. The maximum absolute atomic E-state index is 11.8. The summed E-state index contributed by atoms with van der Waals surface area (Å²) in [6.45, 7) is 4.07. The summed E-state index contributed by atoms with van der Waals surface area (Å²) < 4.78 is 10.9. The van der Waals surface area contributed by atoms with Crippen LogP contribution in [0.3, 0.4) is 0 Å². The molecular formula is C16H20O3. The van der Waals surface area contributed by atoms with Gasteiger partial charge in [-0.2, -0.15) is 0 Å². The summed E-state index contributed by atoms with van der Waals surface area (Å²) in [6, 6.07) is 10.1. The lowest BCUT2D eigenvalue weighted by molar-refractivity contribution is -0.137. The molecule has 0 amide bonds. The fourth-order valence-electron chi connectivity index (χ4n) is 2.39. The molecule has 1 unspecified atom stereocenters. The van der Waals surface area contributed by atoms with Crippen LogP contribution >= 0.6 is 0 Å². The molecule has 1 atom stereocenters.